The summed E-state index contributed by atoms with van der Waals surface area (Å²) in [6.07, 6.45) is 2.03. The van der Waals surface area contributed by atoms with Crippen LogP contribution in [0.5, 0.6) is 0 Å². The lowest BCUT2D eigenvalue weighted by Crippen LogP contribution is -2.09. The van der Waals surface area contributed by atoms with Crippen molar-refractivity contribution in [2.24, 2.45) is 0 Å². The fourth-order valence-corrected chi connectivity index (χ4v) is 1.48. The molecule has 0 saturated heterocycles. The van der Waals surface area contributed by atoms with E-state index in [0.29, 0.717) is 12.8 Å². The van der Waals surface area contributed by atoms with E-state index in [2.05, 4.69) is 0 Å². The fraction of sp³-hybridized carbons (Fsp3) is 0.667. The molecule has 0 aliphatic carbocycles. The largest absolute Gasteiger partial charge is 0.465 e. The van der Waals surface area contributed by atoms with Crippen molar-refractivity contribution in [3.63, 3.8) is 0 Å². The number of rotatable bonds is 11. The van der Waals surface area contributed by atoms with Crippen LogP contribution in [0.4, 0.5) is 0 Å². The molecule has 0 unspecified atom stereocenters. The fourth-order valence-electron chi connectivity index (χ4n) is 1.26. The van der Waals surface area contributed by atoms with Crippen LogP contribution < -0.4 is 0 Å². The van der Waals surface area contributed by atoms with Crippen LogP contribution in [-0.4, -0.2) is 35.6 Å². The number of carbonyl (C=O) groups is 4. The number of ether oxygens (including phenoxy) is 2. The van der Waals surface area contributed by atoms with Crippen molar-refractivity contribution in [1.29, 1.82) is 0 Å². The van der Waals surface area contributed by atoms with Gasteiger partial charge in [-0.2, -0.15) is 0 Å². The van der Waals surface area contributed by atoms with Gasteiger partial charge < -0.3 is 9.47 Å². The molecule has 6 nitrogen and oxygen atoms in total. The van der Waals surface area contributed by atoms with Crippen molar-refractivity contribution >= 4 is 45.6 Å². The predicted octanol–water partition coefficient (Wildman–Crippen LogP) is 1.94. The van der Waals surface area contributed by atoms with E-state index < -0.39 is 35.3 Å². The van der Waals surface area contributed by atoms with E-state index >= 15 is 0 Å². The van der Waals surface area contributed by atoms with Gasteiger partial charge in [-0.15, -0.1) is 0 Å². The maximum absolute atomic E-state index is 10.9. The molecule has 0 radical (unpaired) electrons. The first kappa shape index (κ1) is 18.9. The smallest absolute Gasteiger partial charge is 0.314 e. The van der Waals surface area contributed by atoms with Crippen molar-refractivity contribution in [2.75, 3.05) is 13.2 Å². The van der Waals surface area contributed by atoms with E-state index in [4.69, 9.17) is 32.7 Å². The Balaban J connectivity index is 3.33. The second-order valence-electron chi connectivity index (χ2n) is 3.92. The highest BCUT2D eigenvalue weighted by molar-refractivity contribution is 6.65. The monoisotopic (exact) mass is 326 g/mol. The molecular weight excluding hydrogens is 311 g/mol. The van der Waals surface area contributed by atoms with Gasteiger partial charge in [0, 0.05) is 0 Å². The van der Waals surface area contributed by atoms with Crippen LogP contribution >= 0.6 is 23.2 Å². The minimum absolute atomic E-state index is 0.226. The van der Waals surface area contributed by atoms with Gasteiger partial charge in [0.05, 0.1) is 13.2 Å². The van der Waals surface area contributed by atoms with Gasteiger partial charge in [-0.05, 0) is 48.9 Å². The van der Waals surface area contributed by atoms with Gasteiger partial charge in [-0.1, -0.05) is 0 Å². The SMILES string of the molecule is O=C(Cl)CC(=O)OCCCCCCOC(=O)CC(=O)Cl. The van der Waals surface area contributed by atoms with Gasteiger partial charge in [-0.3, -0.25) is 19.2 Å². The number of unbranched alkanes of at least 4 members (excludes halogenated alkanes) is 3. The lowest BCUT2D eigenvalue weighted by Gasteiger charge is -2.04. The number of esters is 2. The first-order valence-corrected chi connectivity index (χ1v) is 6.85. The summed E-state index contributed by atoms with van der Waals surface area (Å²) in [5.74, 6) is -1.27. The summed E-state index contributed by atoms with van der Waals surface area (Å²) in [7, 11) is 0. The molecule has 0 aromatic heterocycles. The molecule has 20 heavy (non-hydrogen) atoms. The van der Waals surface area contributed by atoms with E-state index in [1.807, 2.05) is 0 Å². The molecule has 0 aliphatic rings. The Kier molecular flexibility index (Phi) is 11.0. The van der Waals surface area contributed by atoms with Crippen molar-refractivity contribution < 1.29 is 28.7 Å². The standard InChI is InChI=1S/C12H16Cl2O6/c13-9(15)7-11(17)19-5-3-1-2-4-6-20-12(18)8-10(14)16/h1-8H2. The second-order valence-corrected chi connectivity index (χ2v) is 4.76. The highest BCUT2D eigenvalue weighted by Gasteiger charge is 2.08. The first-order valence-electron chi connectivity index (χ1n) is 6.09. The second kappa shape index (κ2) is 11.7. The summed E-state index contributed by atoms with van der Waals surface area (Å²) < 4.78 is 9.52. The summed E-state index contributed by atoms with van der Waals surface area (Å²) in [4.78, 5) is 42.6. The Morgan fingerprint density at radius 3 is 1.30 bits per heavy atom. The minimum Gasteiger partial charge on any atom is -0.465 e. The third-order valence-corrected chi connectivity index (χ3v) is 2.40. The topological polar surface area (TPSA) is 86.7 Å². The van der Waals surface area contributed by atoms with Gasteiger partial charge in [0.2, 0.25) is 10.5 Å². The number of hydrogen-bond donors (Lipinski definition) is 0. The molecule has 0 rings (SSSR count). The zero-order valence-corrected chi connectivity index (χ0v) is 12.4. The van der Waals surface area contributed by atoms with E-state index in [-0.39, 0.29) is 13.2 Å². The van der Waals surface area contributed by atoms with Crippen LogP contribution in [0.1, 0.15) is 38.5 Å². The summed E-state index contributed by atoms with van der Waals surface area (Å²) >= 11 is 10.0. The van der Waals surface area contributed by atoms with Crippen LogP contribution in [0.3, 0.4) is 0 Å². The third kappa shape index (κ3) is 13.3. The van der Waals surface area contributed by atoms with Crippen molar-refractivity contribution in [2.45, 2.75) is 38.5 Å². The van der Waals surface area contributed by atoms with Crippen LogP contribution in [0.2, 0.25) is 0 Å². The third-order valence-electron chi connectivity index (χ3n) is 2.13. The number of halogens is 2. The number of carbonyl (C=O) groups excluding carboxylic acids is 4. The molecule has 0 aromatic carbocycles. The highest BCUT2D eigenvalue weighted by Crippen LogP contribution is 2.02. The molecule has 0 atom stereocenters. The van der Waals surface area contributed by atoms with Crippen molar-refractivity contribution in [3.8, 4) is 0 Å². The maximum atomic E-state index is 10.9. The Bertz CT molecular complexity index is 322. The number of hydrogen-bond acceptors (Lipinski definition) is 6. The minimum atomic E-state index is -0.743. The first-order chi connectivity index (χ1) is 9.41. The van der Waals surface area contributed by atoms with Gasteiger partial charge in [0.1, 0.15) is 12.8 Å². The van der Waals surface area contributed by atoms with Crippen LogP contribution in [0.25, 0.3) is 0 Å². The molecule has 0 amide bonds. The zero-order chi connectivity index (χ0) is 15.4. The molecule has 0 bridgehead atoms. The van der Waals surface area contributed by atoms with Gasteiger partial charge in [0.25, 0.3) is 0 Å². The summed E-state index contributed by atoms with van der Waals surface area (Å²) in [6, 6.07) is 0. The lowest BCUT2D eigenvalue weighted by atomic mass is 10.2. The molecule has 0 spiro atoms. The zero-order valence-electron chi connectivity index (χ0n) is 10.9. The van der Waals surface area contributed by atoms with E-state index in [9.17, 15) is 19.2 Å². The van der Waals surface area contributed by atoms with Gasteiger partial charge in [-0.25, -0.2) is 0 Å². The Labute approximate surface area is 126 Å². The van der Waals surface area contributed by atoms with Gasteiger partial charge in [0.15, 0.2) is 0 Å². The van der Waals surface area contributed by atoms with Gasteiger partial charge >= 0.3 is 11.9 Å². The maximum Gasteiger partial charge on any atom is 0.314 e. The molecular formula is C12H16Cl2O6. The molecule has 8 heteroatoms. The Morgan fingerprint density at radius 1 is 0.650 bits per heavy atom. The lowest BCUT2D eigenvalue weighted by molar-refractivity contribution is -0.146. The molecule has 0 saturated carbocycles. The Hall–Kier alpha value is -1.14. The molecule has 0 N–H and O–H groups in total. The van der Waals surface area contributed by atoms with Crippen LogP contribution in [-0.2, 0) is 28.7 Å². The highest BCUT2D eigenvalue weighted by atomic mass is 35.5. The average molecular weight is 327 g/mol. The quantitative estimate of drug-likeness (QED) is 0.249. The van der Waals surface area contributed by atoms with Crippen molar-refractivity contribution in [3.05, 3.63) is 0 Å². The normalized spacial score (nSPS) is 9.90. The summed E-state index contributed by atoms with van der Waals surface area (Å²) in [6.45, 7) is 0.451. The van der Waals surface area contributed by atoms with E-state index in [1.54, 1.807) is 0 Å². The average Bonchev–Trinajstić information content (AvgIpc) is 2.30. The van der Waals surface area contributed by atoms with E-state index in [1.165, 1.54) is 0 Å². The van der Waals surface area contributed by atoms with Crippen LogP contribution in [0.15, 0.2) is 0 Å². The molecule has 0 heterocycles. The summed E-state index contributed by atoms with van der Waals surface area (Å²) in [5, 5.41) is -1.49. The molecule has 0 aliphatic heterocycles. The molecule has 114 valence electrons. The molecule has 0 fully saturated rings. The van der Waals surface area contributed by atoms with E-state index in [0.717, 1.165) is 12.8 Å². The predicted molar refractivity (Wildman–Crippen MR) is 71.3 cm³/mol. The summed E-state index contributed by atoms with van der Waals surface area (Å²) in [5.41, 5.74) is 0. The van der Waals surface area contributed by atoms with Crippen molar-refractivity contribution in [1.82, 2.24) is 0 Å². The Morgan fingerprint density at radius 2 is 1.00 bits per heavy atom. The molecule has 0 aromatic rings. The van der Waals surface area contributed by atoms with Crippen LogP contribution in [0, 0.1) is 0 Å².